The van der Waals surface area contributed by atoms with Crippen LogP contribution in [0.3, 0.4) is 0 Å². The lowest BCUT2D eigenvalue weighted by molar-refractivity contribution is -0.0492. The van der Waals surface area contributed by atoms with E-state index in [1.807, 2.05) is 14.1 Å². The number of hydrogen-bond acceptors (Lipinski definition) is 3. The molecule has 5 rings (SSSR count). The Morgan fingerprint density at radius 3 is 2.33 bits per heavy atom. The molecule has 0 spiro atoms. The normalized spacial score (nSPS) is 34.1. The molecule has 0 saturated heterocycles. The summed E-state index contributed by atoms with van der Waals surface area (Å²) in [6.07, 6.45) is 10.3. The van der Waals surface area contributed by atoms with Crippen molar-refractivity contribution >= 4 is 29.9 Å². The van der Waals surface area contributed by atoms with Gasteiger partial charge in [-0.2, -0.15) is 5.10 Å². The fraction of sp³-hybridized carbons (Fsp3) is 0.824. The topological polar surface area (TPSA) is 67.1 Å². The van der Waals surface area contributed by atoms with Gasteiger partial charge in [-0.1, -0.05) is 0 Å². The smallest absolute Gasteiger partial charge is 0.191 e. The maximum atomic E-state index is 4.37. The van der Waals surface area contributed by atoms with Crippen molar-refractivity contribution in [3.05, 3.63) is 12.2 Å². The van der Waals surface area contributed by atoms with Gasteiger partial charge < -0.3 is 10.6 Å². The highest BCUT2D eigenvalue weighted by Crippen LogP contribution is 2.59. The number of aromatic nitrogens is 3. The first kappa shape index (κ1) is 17.9. The molecule has 7 heteroatoms. The number of nitrogens with zero attached hydrogens (tertiary/aromatic N) is 4. The van der Waals surface area contributed by atoms with E-state index in [9.17, 15) is 0 Å². The molecule has 0 aliphatic heterocycles. The standard InChI is InChI=1S/C17H28N6.HI/c1-18-16(19-9-15-21-11-22-23(15)2)20-10-17-6-12-3-13(7-17)5-14(4-12)8-17;/h11-14H,3-10H2,1-2H3,(H2,18,19,20);1H. The largest absolute Gasteiger partial charge is 0.356 e. The van der Waals surface area contributed by atoms with Crippen LogP contribution in [0.1, 0.15) is 44.3 Å². The zero-order valence-electron chi connectivity index (χ0n) is 14.7. The highest BCUT2D eigenvalue weighted by molar-refractivity contribution is 14.0. The summed E-state index contributed by atoms with van der Waals surface area (Å²) in [7, 11) is 3.75. The van der Waals surface area contributed by atoms with Crippen molar-refractivity contribution in [3.8, 4) is 0 Å². The minimum Gasteiger partial charge on any atom is -0.356 e. The van der Waals surface area contributed by atoms with Crippen molar-refractivity contribution < 1.29 is 0 Å². The average Bonchev–Trinajstić information content (AvgIpc) is 2.91. The third kappa shape index (κ3) is 3.55. The molecule has 1 aromatic rings. The summed E-state index contributed by atoms with van der Waals surface area (Å²) < 4.78 is 1.79. The fourth-order valence-electron chi connectivity index (χ4n) is 5.64. The minimum absolute atomic E-state index is 0. The zero-order valence-corrected chi connectivity index (χ0v) is 17.0. The van der Waals surface area contributed by atoms with Crippen LogP contribution >= 0.6 is 24.0 Å². The van der Waals surface area contributed by atoms with Crippen LogP contribution in [0.25, 0.3) is 0 Å². The molecule has 4 aliphatic rings. The van der Waals surface area contributed by atoms with E-state index in [1.54, 1.807) is 11.0 Å². The van der Waals surface area contributed by atoms with E-state index in [4.69, 9.17) is 0 Å². The second-order valence-corrected chi connectivity index (χ2v) is 8.00. The number of guanidine groups is 1. The van der Waals surface area contributed by atoms with Crippen LogP contribution in [0.2, 0.25) is 0 Å². The SMILES string of the molecule is CN=C(NCc1ncnn1C)NCC12CC3CC(CC(C3)C1)C2.I. The van der Waals surface area contributed by atoms with Crippen LogP contribution in [0.5, 0.6) is 0 Å². The predicted octanol–water partition coefficient (Wildman–Crippen LogP) is 2.31. The zero-order chi connectivity index (χ0) is 15.9. The number of rotatable bonds is 4. The third-order valence-electron chi connectivity index (χ3n) is 6.24. The maximum absolute atomic E-state index is 4.37. The molecule has 4 saturated carbocycles. The lowest BCUT2D eigenvalue weighted by Crippen LogP contribution is -2.52. The first-order valence-corrected chi connectivity index (χ1v) is 8.93. The maximum Gasteiger partial charge on any atom is 0.191 e. The van der Waals surface area contributed by atoms with Gasteiger partial charge in [0.1, 0.15) is 12.2 Å². The minimum atomic E-state index is 0. The van der Waals surface area contributed by atoms with E-state index < -0.39 is 0 Å². The van der Waals surface area contributed by atoms with Crippen molar-refractivity contribution in [3.63, 3.8) is 0 Å². The molecule has 4 aliphatic carbocycles. The van der Waals surface area contributed by atoms with Gasteiger partial charge in [-0.25, -0.2) is 4.98 Å². The van der Waals surface area contributed by atoms with Gasteiger partial charge in [0, 0.05) is 20.6 Å². The first-order valence-electron chi connectivity index (χ1n) is 8.93. The summed E-state index contributed by atoms with van der Waals surface area (Å²) >= 11 is 0. The lowest BCUT2D eigenvalue weighted by atomic mass is 9.49. The first-order chi connectivity index (χ1) is 11.2. The fourth-order valence-corrected chi connectivity index (χ4v) is 5.64. The number of nitrogens with one attached hydrogen (secondary N) is 2. The van der Waals surface area contributed by atoms with E-state index in [1.165, 1.54) is 38.5 Å². The summed E-state index contributed by atoms with van der Waals surface area (Å²) in [4.78, 5) is 8.61. The van der Waals surface area contributed by atoms with E-state index >= 15 is 0 Å². The molecule has 4 bridgehead atoms. The van der Waals surface area contributed by atoms with Gasteiger partial charge in [-0.15, -0.1) is 24.0 Å². The molecular formula is C17H29IN6. The van der Waals surface area contributed by atoms with Crippen molar-refractivity contribution in [1.82, 2.24) is 25.4 Å². The van der Waals surface area contributed by atoms with Crippen molar-refractivity contribution in [2.45, 2.75) is 45.1 Å². The Bertz CT molecular complexity index is 560. The van der Waals surface area contributed by atoms with E-state index in [0.717, 1.165) is 36.1 Å². The highest BCUT2D eigenvalue weighted by atomic mass is 127. The summed E-state index contributed by atoms with van der Waals surface area (Å²) in [5.74, 6) is 4.79. The van der Waals surface area contributed by atoms with E-state index in [0.29, 0.717) is 12.0 Å². The number of hydrogen-bond donors (Lipinski definition) is 2. The molecule has 4 fully saturated rings. The molecule has 0 atom stereocenters. The molecule has 0 unspecified atom stereocenters. The summed E-state index contributed by atoms with van der Waals surface area (Å²) in [5.41, 5.74) is 0.525. The Morgan fingerprint density at radius 2 is 1.83 bits per heavy atom. The molecule has 0 aromatic carbocycles. The van der Waals surface area contributed by atoms with Gasteiger partial charge in [0.2, 0.25) is 0 Å². The highest BCUT2D eigenvalue weighted by Gasteiger charge is 2.50. The van der Waals surface area contributed by atoms with Crippen molar-refractivity contribution in [2.75, 3.05) is 13.6 Å². The number of aryl methyl sites for hydroxylation is 1. The van der Waals surface area contributed by atoms with Crippen LogP contribution in [-0.2, 0) is 13.6 Å². The Balaban J connectivity index is 0.00000169. The molecule has 2 N–H and O–H groups in total. The van der Waals surface area contributed by atoms with Crippen LogP contribution in [0.4, 0.5) is 0 Å². The average molecular weight is 444 g/mol. The number of halogens is 1. The van der Waals surface area contributed by atoms with Crippen LogP contribution < -0.4 is 10.6 Å². The van der Waals surface area contributed by atoms with Gasteiger partial charge in [0.05, 0.1) is 6.54 Å². The van der Waals surface area contributed by atoms with E-state index in [2.05, 4.69) is 25.7 Å². The Labute approximate surface area is 161 Å². The van der Waals surface area contributed by atoms with Gasteiger partial charge in [0.15, 0.2) is 5.96 Å². The Hall–Kier alpha value is -0.860. The van der Waals surface area contributed by atoms with E-state index in [-0.39, 0.29) is 24.0 Å². The van der Waals surface area contributed by atoms with Crippen LogP contribution in [0, 0.1) is 23.2 Å². The molecule has 134 valence electrons. The Kier molecular flexibility index (Phi) is 5.36. The lowest BCUT2D eigenvalue weighted by Gasteiger charge is -2.57. The summed E-state index contributed by atoms with van der Waals surface area (Å²) in [5, 5.41) is 11.0. The van der Waals surface area contributed by atoms with Crippen LogP contribution in [0.15, 0.2) is 11.3 Å². The predicted molar refractivity (Wildman–Crippen MR) is 105 cm³/mol. The summed E-state index contributed by atoms with van der Waals surface area (Å²) in [6, 6.07) is 0. The van der Waals surface area contributed by atoms with Crippen LogP contribution in [-0.4, -0.2) is 34.3 Å². The molecule has 0 amide bonds. The quantitative estimate of drug-likeness (QED) is 0.425. The van der Waals surface area contributed by atoms with Crippen molar-refractivity contribution in [1.29, 1.82) is 0 Å². The van der Waals surface area contributed by atoms with Crippen molar-refractivity contribution in [2.24, 2.45) is 35.2 Å². The monoisotopic (exact) mass is 444 g/mol. The number of aliphatic imine (C=N–C) groups is 1. The molecule has 24 heavy (non-hydrogen) atoms. The van der Waals surface area contributed by atoms with Gasteiger partial charge in [0.25, 0.3) is 0 Å². The summed E-state index contributed by atoms with van der Waals surface area (Å²) in [6.45, 7) is 1.71. The molecule has 1 heterocycles. The molecule has 0 radical (unpaired) electrons. The van der Waals surface area contributed by atoms with Gasteiger partial charge in [-0.05, 0) is 61.7 Å². The molecule has 1 aromatic heterocycles. The molecular weight excluding hydrogens is 415 g/mol. The van der Waals surface area contributed by atoms with Gasteiger partial charge >= 0.3 is 0 Å². The van der Waals surface area contributed by atoms with Gasteiger partial charge in [-0.3, -0.25) is 9.67 Å². The molecule has 6 nitrogen and oxygen atoms in total. The second kappa shape index (κ2) is 7.17. The third-order valence-corrected chi connectivity index (χ3v) is 6.24. The Morgan fingerprint density at radius 1 is 1.21 bits per heavy atom. The second-order valence-electron chi connectivity index (χ2n) is 8.00.